The largest absolute Gasteiger partial charge is 0.341 e. The lowest BCUT2D eigenvalue weighted by atomic mass is 9.92. The molecule has 2 aromatic heterocycles. The first-order valence-corrected chi connectivity index (χ1v) is 7.44. The van der Waals surface area contributed by atoms with Crippen LogP contribution in [0.1, 0.15) is 19.3 Å². The van der Waals surface area contributed by atoms with E-state index in [-0.39, 0.29) is 28.3 Å². The Kier molecular flexibility index (Phi) is 2.87. The zero-order valence-corrected chi connectivity index (χ0v) is 12.1. The van der Waals surface area contributed by atoms with Crippen molar-refractivity contribution in [1.82, 2.24) is 25.3 Å². The molecule has 1 aliphatic carbocycles. The molecule has 1 saturated carbocycles. The third-order valence-electron chi connectivity index (χ3n) is 4.58. The summed E-state index contributed by atoms with van der Waals surface area (Å²) in [7, 11) is 0. The van der Waals surface area contributed by atoms with Crippen molar-refractivity contribution in [3.05, 3.63) is 11.5 Å². The number of hydrogen-bond donors (Lipinski definition) is 3. The van der Waals surface area contributed by atoms with Crippen LogP contribution in [0.4, 0.5) is 5.95 Å². The second kappa shape index (κ2) is 4.64. The van der Waals surface area contributed by atoms with Crippen LogP contribution in [0.5, 0.6) is 0 Å². The number of hydrogen-bond acceptors (Lipinski definition) is 5. The van der Waals surface area contributed by atoms with E-state index >= 15 is 0 Å². The Hall–Kier alpha value is -1.73. The molecule has 3 N–H and O–H groups in total. The fraction of sp³-hybridized carbons (Fsp3) is 0.538. The molecule has 7 nitrogen and oxygen atoms in total. The average Bonchev–Trinajstić information content (AvgIpc) is 2.95. The topological polar surface area (TPSA) is 95.6 Å². The molecule has 4 rings (SSSR count). The molecule has 2 aromatic rings. The van der Waals surface area contributed by atoms with Gasteiger partial charge in [-0.3, -0.25) is 10.1 Å². The van der Waals surface area contributed by atoms with E-state index < -0.39 is 0 Å². The van der Waals surface area contributed by atoms with Crippen LogP contribution in [0.2, 0.25) is 5.15 Å². The number of anilines is 1. The number of fused-ring (bicyclic) bond motifs is 1. The second-order valence-corrected chi connectivity index (χ2v) is 6.16. The molecule has 8 heteroatoms. The SMILES string of the molecule is O=C(Nc1nc(Cl)c2[nH]cnc2n1)C1CC12CCNCC2. The van der Waals surface area contributed by atoms with E-state index in [1.165, 1.54) is 6.33 Å². The monoisotopic (exact) mass is 306 g/mol. The molecule has 3 heterocycles. The summed E-state index contributed by atoms with van der Waals surface area (Å²) in [5.74, 6) is 0.278. The van der Waals surface area contributed by atoms with Gasteiger partial charge in [0.25, 0.3) is 0 Å². The molecule has 1 saturated heterocycles. The van der Waals surface area contributed by atoms with Gasteiger partial charge in [0.1, 0.15) is 5.52 Å². The quantitative estimate of drug-likeness (QED) is 0.728. The fourth-order valence-electron chi connectivity index (χ4n) is 3.25. The van der Waals surface area contributed by atoms with E-state index in [4.69, 9.17) is 11.6 Å². The molecule has 0 aromatic carbocycles. The first-order chi connectivity index (χ1) is 10.2. The molecular formula is C13H15ClN6O. The number of imidazole rings is 1. The van der Waals surface area contributed by atoms with Gasteiger partial charge in [-0.15, -0.1) is 0 Å². The van der Waals surface area contributed by atoms with Crippen LogP contribution in [-0.2, 0) is 4.79 Å². The van der Waals surface area contributed by atoms with Crippen molar-refractivity contribution in [2.75, 3.05) is 18.4 Å². The van der Waals surface area contributed by atoms with E-state index in [9.17, 15) is 4.79 Å². The van der Waals surface area contributed by atoms with Crippen molar-refractivity contribution < 1.29 is 4.79 Å². The normalized spacial score (nSPS) is 23.4. The summed E-state index contributed by atoms with van der Waals surface area (Å²) >= 11 is 6.04. The number of aromatic nitrogens is 4. The van der Waals surface area contributed by atoms with Gasteiger partial charge in [-0.25, -0.2) is 4.98 Å². The molecule has 1 spiro atoms. The summed E-state index contributed by atoms with van der Waals surface area (Å²) in [6, 6.07) is 0. The number of piperidine rings is 1. The van der Waals surface area contributed by atoms with E-state index in [0.29, 0.717) is 11.2 Å². The Balaban J connectivity index is 1.51. The van der Waals surface area contributed by atoms with Gasteiger partial charge in [-0.05, 0) is 37.8 Å². The highest BCUT2D eigenvalue weighted by Crippen LogP contribution is 2.58. The lowest BCUT2D eigenvalue weighted by molar-refractivity contribution is -0.118. The van der Waals surface area contributed by atoms with Crippen molar-refractivity contribution in [1.29, 1.82) is 0 Å². The van der Waals surface area contributed by atoms with Gasteiger partial charge in [0.05, 0.1) is 6.33 Å². The molecule has 2 fully saturated rings. The summed E-state index contributed by atoms with van der Waals surface area (Å²) in [4.78, 5) is 27.5. The lowest BCUT2D eigenvalue weighted by Crippen LogP contribution is -2.31. The molecule has 110 valence electrons. The molecule has 1 unspecified atom stereocenters. The highest BCUT2D eigenvalue weighted by molar-refractivity contribution is 6.33. The number of carbonyl (C=O) groups is 1. The maximum Gasteiger partial charge on any atom is 0.233 e. The Labute approximate surface area is 125 Å². The van der Waals surface area contributed by atoms with Crippen LogP contribution < -0.4 is 10.6 Å². The smallest absolute Gasteiger partial charge is 0.233 e. The minimum absolute atomic E-state index is 0.0112. The molecule has 1 atom stereocenters. The Morgan fingerprint density at radius 1 is 1.38 bits per heavy atom. The molecule has 1 aliphatic heterocycles. The summed E-state index contributed by atoms with van der Waals surface area (Å²) < 4.78 is 0. The van der Waals surface area contributed by atoms with Crippen LogP contribution in [0.15, 0.2) is 6.33 Å². The highest BCUT2D eigenvalue weighted by Gasteiger charge is 2.57. The molecular weight excluding hydrogens is 292 g/mol. The van der Waals surface area contributed by atoms with E-state index in [1.54, 1.807) is 0 Å². The molecule has 0 radical (unpaired) electrons. The number of carbonyl (C=O) groups excluding carboxylic acids is 1. The number of rotatable bonds is 2. The van der Waals surface area contributed by atoms with Gasteiger partial charge < -0.3 is 10.3 Å². The second-order valence-electron chi connectivity index (χ2n) is 5.80. The van der Waals surface area contributed by atoms with Gasteiger partial charge in [-0.1, -0.05) is 11.6 Å². The highest BCUT2D eigenvalue weighted by atomic mass is 35.5. The van der Waals surface area contributed by atoms with Crippen LogP contribution in [-0.4, -0.2) is 38.9 Å². The van der Waals surface area contributed by atoms with Gasteiger partial charge in [0.15, 0.2) is 10.8 Å². The van der Waals surface area contributed by atoms with Crippen LogP contribution in [0.3, 0.4) is 0 Å². The van der Waals surface area contributed by atoms with Gasteiger partial charge >= 0.3 is 0 Å². The minimum atomic E-state index is -0.0112. The van der Waals surface area contributed by atoms with Crippen molar-refractivity contribution in [3.63, 3.8) is 0 Å². The molecule has 0 bridgehead atoms. The molecule has 1 amide bonds. The zero-order chi connectivity index (χ0) is 14.4. The first kappa shape index (κ1) is 13.0. The Morgan fingerprint density at radius 3 is 3.00 bits per heavy atom. The number of halogens is 1. The summed E-state index contributed by atoms with van der Waals surface area (Å²) in [5, 5.41) is 6.37. The summed E-state index contributed by atoms with van der Waals surface area (Å²) in [5.41, 5.74) is 1.23. The van der Waals surface area contributed by atoms with Crippen molar-refractivity contribution >= 4 is 34.6 Å². The first-order valence-electron chi connectivity index (χ1n) is 7.06. The third-order valence-corrected chi connectivity index (χ3v) is 4.86. The maximum absolute atomic E-state index is 12.4. The Morgan fingerprint density at radius 2 is 2.19 bits per heavy atom. The zero-order valence-electron chi connectivity index (χ0n) is 11.3. The lowest BCUT2D eigenvalue weighted by Gasteiger charge is -2.23. The number of H-pyrrole nitrogens is 1. The van der Waals surface area contributed by atoms with Gasteiger partial charge in [0, 0.05) is 5.92 Å². The predicted octanol–water partition coefficient (Wildman–Crippen LogP) is 1.33. The van der Waals surface area contributed by atoms with Crippen LogP contribution in [0, 0.1) is 11.3 Å². The predicted molar refractivity (Wildman–Crippen MR) is 78.0 cm³/mol. The van der Waals surface area contributed by atoms with Gasteiger partial charge in [0.2, 0.25) is 11.9 Å². The average molecular weight is 307 g/mol. The number of nitrogens with one attached hydrogen (secondary N) is 3. The van der Waals surface area contributed by atoms with Gasteiger partial charge in [-0.2, -0.15) is 9.97 Å². The third kappa shape index (κ3) is 2.16. The number of nitrogens with zero attached hydrogens (tertiary/aromatic N) is 3. The molecule has 2 aliphatic rings. The summed E-state index contributed by atoms with van der Waals surface area (Å²) in [6.07, 6.45) is 4.58. The summed E-state index contributed by atoms with van der Waals surface area (Å²) in [6.45, 7) is 1.98. The van der Waals surface area contributed by atoms with Crippen LogP contribution in [0.25, 0.3) is 11.2 Å². The standard InChI is InChI=1S/C13H15ClN6O/c14-9-8-10(17-6-16-8)19-12(18-9)20-11(21)7-5-13(7)1-3-15-4-2-13/h6-7,15H,1-5H2,(H2,16,17,18,19,20,21). The maximum atomic E-state index is 12.4. The van der Waals surface area contributed by atoms with Crippen molar-refractivity contribution in [2.24, 2.45) is 11.3 Å². The minimum Gasteiger partial charge on any atom is -0.341 e. The van der Waals surface area contributed by atoms with E-state index in [2.05, 4.69) is 30.6 Å². The number of amides is 1. The fourth-order valence-corrected chi connectivity index (χ4v) is 3.47. The van der Waals surface area contributed by atoms with Crippen molar-refractivity contribution in [3.8, 4) is 0 Å². The van der Waals surface area contributed by atoms with Crippen molar-refractivity contribution in [2.45, 2.75) is 19.3 Å². The van der Waals surface area contributed by atoms with Crippen LogP contribution >= 0.6 is 11.6 Å². The number of aromatic amines is 1. The van der Waals surface area contributed by atoms with E-state index in [1.807, 2.05) is 0 Å². The Bertz CT molecular complexity index is 708. The molecule has 21 heavy (non-hydrogen) atoms. The van der Waals surface area contributed by atoms with E-state index in [0.717, 1.165) is 32.4 Å².